The van der Waals surface area contributed by atoms with E-state index in [2.05, 4.69) is 25.9 Å². The van der Waals surface area contributed by atoms with Gasteiger partial charge in [0, 0.05) is 12.4 Å². The number of nitrogens with one attached hydrogen (secondary N) is 1. The van der Waals surface area contributed by atoms with Gasteiger partial charge in [-0.15, -0.1) is 0 Å². The Labute approximate surface area is 76.7 Å². The van der Waals surface area contributed by atoms with E-state index in [-0.39, 0.29) is 0 Å². The maximum atomic E-state index is 5.73. The van der Waals surface area contributed by atoms with Crippen molar-refractivity contribution < 1.29 is 0 Å². The molecule has 0 spiro atoms. The number of nitrogens with zero attached hydrogens (tertiary/aromatic N) is 1. The highest BCUT2D eigenvalue weighted by molar-refractivity contribution is 9.10. The van der Waals surface area contributed by atoms with Crippen LogP contribution in [0.2, 0.25) is 5.02 Å². The van der Waals surface area contributed by atoms with Crippen LogP contribution >= 0.6 is 27.5 Å². The summed E-state index contributed by atoms with van der Waals surface area (Å²) in [7, 11) is 0. The number of fused-ring (bicyclic) bond motifs is 1. The molecule has 0 aliphatic carbocycles. The van der Waals surface area contributed by atoms with Gasteiger partial charge in [0.25, 0.3) is 0 Å². The van der Waals surface area contributed by atoms with Gasteiger partial charge >= 0.3 is 0 Å². The van der Waals surface area contributed by atoms with E-state index in [1.165, 1.54) is 0 Å². The Morgan fingerprint density at radius 3 is 3.18 bits per heavy atom. The predicted octanol–water partition coefficient (Wildman–Crippen LogP) is 2.98. The normalized spacial score (nSPS) is 10.7. The van der Waals surface area contributed by atoms with E-state index in [1.54, 1.807) is 6.20 Å². The van der Waals surface area contributed by atoms with Crippen molar-refractivity contribution in [3.8, 4) is 0 Å². The molecule has 0 fully saturated rings. The van der Waals surface area contributed by atoms with Crippen LogP contribution in [0.4, 0.5) is 0 Å². The highest BCUT2D eigenvalue weighted by Crippen LogP contribution is 2.22. The minimum atomic E-state index is 0.645. The van der Waals surface area contributed by atoms with Crippen LogP contribution in [0.3, 0.4) is 0 Å². The van der Waals surface area contributed by atoms with Crippen LogP contribution in [0.15, 0.2) is 22.9 Å². The lowest BCUT2D eigenvalue weighted by molar-refractivity contribution is 1.40. The van der Waals surface area contributed by atoms with E-state index in [0.29, 0.717) is 5.02 Å². The lowest BCUT2D eigenvalue weighted by Crippen LogP contribution is -1.73. The first-order valence-corrected chi connectivity index (χ1v) is 4.22. The van der Waals surface area contributed by atoms with Crippen LogP contribution in [0.1, 0.15) is 0 Å². The molecule has 4 heteroatoms. The zero-order chi connectivity index (χ0) is 7.84. The molecule has 2 heterocycles. The summed E-state index contributed by atoms with van der Waals surface area (Å²) in [6, 6.07) is 1.84. The molecule has 2 aromatic rings. The Kier molecular flexibility index (Phi) is 1.62. The average molecular weight is 231 g/mol. The van der Waals surface area contributed by atoms with E-state index >= 15 is 0 Å². The maximum Gasteiger partial charge on any atom is 0.102 e. The van der Waals surface area contributed by atoms with Gasteiger partial charge in [0.15, 0.2) is 0 Å². The lowest BCUT2D eigenvalue weighted by atomic mass is 10.4. The summed E-state index contributed by atoms with van der Waals surface area (Å²) in [6.45, 7) is 0. The fourth-order valence-corrected chi connectivity index (χ4v) is 1.54. The van der Waals surface area contributed by atoms with Gasteiger partial charge in [-0.3, -0.25) is 4.98 Å². The van der Waals surface area contributed by atoms with Gasteiger partial charge in [-0.2, -0.15) is 0 Å². The molecule has 2 aromatic heterocycles. The molecule has 2 nitrogen and oxygen atoms in total. The number of hydrogen-bond donors (Lipinski definition) is 1. The van der Waals surface area contributed by atoms with Crippen molar-refractivity contribution >= 4 is 38.6 Å². The molecule has 0 aromatic carbocycles. The van der Waals surface area contributed by atoms with Gasteiger partial charge in [0.2, 0.25) is 0 Å². The molecular weight excluding hydrogens is 227 g/mol. The molecule has 0 unspecified atom stereocenters. The molecule has 0 saturated carbocycles. The van der Waals surface area contributed by atoms with Gasteiger partial charge in [-0.25, -0.2) is 0 Å². The highest BCUT2D eigenvalue weighted by atomic mass is 79.9. The number of rotatable bonds is 0. The minimum Gasteiger partial charge on any atom is -0.359 e. The van der Waals surface area contributed by atoms with Gasteiger partial charge in [-0.05, 0) is 22.0 Å². The quantitative estimate of drug-likeness (QED) is 0.742. The highest BCUT2D eigenvalue weighted by Gasteiger charge is 2.01. The van der Waals surface area contributed by atoms with Crippen LogP contribution in [-0.4, -0.2) is 9.97 Å². The second-order valence-corrected chi connectivity index (χ2v) is 3.48. The van der Waals surface area contributed by atoms with E-state index in [4.69, 9.17) is 11.6 Å². The van der Waals surface area contributed by atoms with Crippen molar-refractivity contribution in [1.29, 1.82) is 0 Å². The molecule has 0 amide bonds. The maximum absolute atomic E-state index is 5.73. The molecule has 0 aliphatic rings. The van der Waals surface area contributed by atoms with Crippen molar-refractivity contribution in [3.63, 3.8) is 0 Å². The number of aromatic nitrogens is 2. The molecule has 1 N–H and O–H groups in total. The van der Waals surface area contributed by atoms with Crippen molar-refractivity contribution in [2.45, 2.75) is 0 Å². The predicted molar refractivity (Wildman–Crippen MR) is 48.8 cm³/mol. The molecule has 0 radical (unpaired) electrons. The van der Waals surface area contributed by atoms with Crippen LogP contribution in [0, 0.1) is 0 Å². The van der Waals surface area contributed by atoms with Crippen molar-refractivity contribution in [2.75, 3.05) is 0 Å². The van der Waals surface area contributed by atoms with Crippen molar-refractivity contribution in [2.24, 2.45) is 0 Å². The summed E-state index contributed by atoms with van der Waals surface area (Å²) in [5, 5.41) is 0.645. The molecule has 0 atom stereocenters. The Morgan fingerprint density at radius 2 is 2.36 bits per heavy atom. The van der Waals surface area contributed by atoms with E-state index in [9.17, 15) is 0 Å². The summed E-state index contributed by atoms with van der Waals surface area (Å²) in [5.74, 6) is 0. The molecule has 0 saturated heterocycles. The summed E-state index contributed by atoms with van der Waals surface area (Å²) in [5.41, 5.74) is 1.86. The number of halogens is 2. The first-order valence-electron chi connectivity index (χ1n) is 3.05. The Balaban J connectivity index is 2.86. The zero-order valence-electron chi connectivity index (χ0n) is 5.44. The topological polar surface area (TPSA) is 28.7 Å². The van der Waals surface area contributed by atoms with Crippen LogP contribution < -0.4 is 0 Å². The smallest absolute Gasteiger partial charge is 0.102 e. The molecule has 2 rings (SSSR count). The summed E-state index contributed by atoms with van der Waals surface area (Å²) >= 11 is 9.08. The fraction of sp³-hybridized carbons (Fsp3) is 0. The average Bonchev–Trinajstić information content (AvgIpc) is 2.32. The summed E-state index contributed by atoms with van der Waals surface area (Å²) < 4.78 is 0.962. The summed E-state index contributed by atoms with van der Waals surface area (Å²) in [4.78, 5) is 7.17. The van der Waals surface area contributed by atoms with Gasteiger partial charge in [-0.1, -0.05) is 11.6 Å². The number of pyridine rings is 1. The Morgan fingerprint density at radius 1 is 1.55 bits per heavy atom. The molecule has 0 bridgehead atoms. The van der Waals surface area contributed by atoms with Crippen LogP contribution in [0.5, 0.6) is 0 Å². The largest absolute Gasteiger partial charge is 0.359 e. The second kappa shape index (κ2) is 2.50. The molecule has 11 heavy (non-hydrogen) atoms. The molecular formula is C7H4BrClN2. The fourth-order valence-electron chi connectivity index (χ4n) is 0.949. The Hall–Kier alpha value is -0.540. The van der Waals surface area contributed by atoms with E-state index in [0.717, 1.165) is 15.5 Å². The number of aromatic amines is 1. The number of H-pyrrole nitrogens is 1. The van der Waals surface area contributed by atoms with Gasteiger partial charge in [0.05, 0.1) is 15.0 Å². The standard InChI is InChI=1S/C7H4BrClN2/c8-5-3-10-6-1-4(9)2-11-7(5)6/h1-3,10H. The van der Waals surface area contributed by atoms with E-state index < -0.39 is 0 Å². The Bertz CT molecular complexity index is 396. The van der Waals surface area contributed by atoms with Crippen LogP contribution in [-0.2, 0) is 0 Å². The number of hydrogen-bond acceptors (Lipinski definition) is 1. The zero-order valence-corrected chi connectivity index (χ0v) is 7.78. The van der Waals surface area contributed by atoms with Gasteiger partial charge in [0.1, 0.15) is 5.52 Å². The SMILES string of the molecule is Clc1cnc2c(Br)c[nH]c2c1. The van der Waals surface area contributed by atoms with E-state index in [1.807, 2.05) is 12.3 Å². The monoisotopic (exact) mass is 230 g/mol. The third kappa shape index (κ3) is 1.14. The van der Waals surface area contributed by atoms with Gasteiger partial charge < -0.3 is 4.98 Å². The lowest BCUT2D eigenvalue weighted by Gasteiger charge is -1.89. The second-order valence-electron chi connectivity index (χ2n) is 2.19. The van der Waals surface area contributed by atoms with Crippen molar-refractivity contribution in [3.05, 3.63) is 28.0 Å². The third-order valence-electron chi connectivity index (χ3n) is 1.43. The molecule has 56 valence electrons. The third-order valence-corrected chi connectivity index (χ3v) is 2.25. The summed E-state index contributed by atoms with van der Waals surface area (Å²) in [6.07, 6.45) is 3.47. The van der Waals surface area contributed by atoms with Crippen molar-refractivity contribution in [1.82, 2.24) is 9.97 Å². The van der Waals surface area contributed by atoms with Crippen LogP contribution in [0.25, 0.3) is 11.0 Å². The minimum absolute atomic E-state index is 0.645. The first-order chi connectivity index (χ1) is 5.27. The first kappa shape index (κ1) is 7.13. The molecule has 0 aliphatic heterocycles.